The van der Waals surface area contributed by atoms with Gasteiger partial charge in [-0.05, 0) is 50.9 Å². The largest absolute Gasteiger partial charge is 0.391 e. The molecule has 2 aliphatic carbocycles. The molecule has 0 amide bonds. The zero-order chi connectivity index (χ0) is 14.6. The van der Waals surface area contributed by atoms with Crippen LogP contribution in [0.25, 0.3) is 0 Å². The minimum absolute atomic E-state index is 0.0183. The first-order valence-electron chi connectivity index (χ1n) is 7.74. The summed E-state index contributed by atoms with van der Waals surface area (Å²) in [5.41, 5.74) is 4.04. The van der Waals surface area contributed by atoms with Gasteiger partial charge in [0.2, 0.25) is 0 Å². The van der Waals surface area contributed by atoms with Crippen LogP contribution in [0.1, 0.15) is 57.8 Å². The molecule has 116 valence electrons. The van der Waals surface area contributed by atoms with Gasteiger partial charge in [0.05, 0.1) is 5.92 Å². The highest BCUT2D eigenvalue weighted by Crippen LogP contribution is 2.42. The highest BCUT2D eigenvalue weighted by Gasteiger charge is 2.43. The first-order valence-corrected chi connectivity index (χ1v) is 7.74. The van der Waals surface area contributed by atoms with Gasteiger partial charge in [-0.15, -0.1) is 0 Å². The summed E-state index contributed by atoms with van der Waals surface area (Å²) < 4.78 is 38.8. The normalized spacial score (nSPS) is 30.5. The topological polar surface area (TPSA) is 38.0 Å². The van der Waals surface area contributed by atoms with Crippen LogP contribution in [-0.2, 0) is 0 Å². The molecular weight excluding hydrogens is 265 g/mol. The van der Waals surface area contributed by atoms with Crippen molar-refractivity contribution in [3.05, 3.63) is 11.6 Å². The summed E-state index contributed by atoms with van der Waals surface area (Å²) >= 11 is 0. The van der Waals surface area contributed by atoms with E-state index in [0.717, 1.165) is 25.7 Å². The average Bonchev–Trinajstić information content (AvgIpc) is 2.68. The second kappa shape index (κ2) is 6.94. The summed E-state index contributed by atoms with van der Waals surface area (Å²) in [4.78, 5) is 0. The van der Waals surface area contributed by atoms with Crippen molar-refractivity contribution in [3.63, 3.8) is 0 Å². The van der Waals surface area contributed by atoms with E-state index in [1.54, 1.807) is 0 Å². The van der Waals surface area contributed by atoms with Gasteiger partial charge in [-0.25, -0.2) is 0 Å². The fourth-order valence-electron chi connectivity index (χ4n) is 3.70. The minimum Gasteiger partial charge on any atom is -0.271 e. The molecule has 5 heteroatoms. The summed E-state index contributed by atoms with van der Waals surface area (Å²) in [6.07, 6.45) is 5.64. The van der Waals surface area contributed by atoms with Gasteiger partial charge in [0, 0.05) is 6.04 Å². The molecule has 2 rings (SSSR count). The molecule has 3 atom stereocenters. The van der Waals surface area contributed by atoms with Crippen molar-refractivity contribution in [1.29, 1.82) is 0 Å². The molecule has 0 aromatic heterocycles. The number of alkyl halides is 3. The van der Waals surface area contributed by atoms with Crippen molar-refractivity contribution in [1.82, 2.24) is 5.43 Å². The van der Waals surface area contributed by atoms with Gasteiger partial charge in [0.15, 0.2) is 0 Å². The zero-order valence-electron chi connectivity index (χ0n) is 11.9. The number of hydrogen-bond acceptors (Lipinski definition) is 2. The van der Waals surface area contributed by atoms with E-state index < -0.39 is 12.1 Å². The number of rotatable bonds is 3. The summed E-state index contributed by atoms with van der Waals surface area (Å²) in [6, 6.07) is -0.0711. The van der Waals surface area contributed by atoms with Gasteiger partial charge in [-0.3, -0.25) is 11.3 Å². The predicted molar refractivity (Wildman–Crippen MR) is 73.8 cm³/mol. The van der Waals surface area contributed by atoms with Crippen molar-refractivity contribution < 1.29 is 13.2 Å². The third-order valence-electron chi connectivity index (χ3n) is 4.80. The van der Waals surface area contributed by atoms with E-state index in [4.69, 9.17) is 5.84 Å². The standard InChI is InChI=1S/C15H25F3N2/c16-15(17,18)13-9-5-8-12(10-13)14(20-19)11-6-3-1-2-4-7-11/h6,12-14,20H,1-5,7-10,19H2. The Balaban J connectivity index is 2.04. The van der Waals surface area contributed by atoms with E-state index in [9.17, 15) is 13.2 Å². The Kier molecular flexibility index (Phi) is 5.49. The summed E-state index contributed by atoms with van der Waals surface area (Å²) in [7, 11) is 0. The highest BCUT2D eigenvalue weighted by molar-refractivity contribution is 5.14. The second-order valence-corrected chi connectivity index (χ2v) is 6.19. The van der Waals surface area contributed by atoms with Crippen LogP contribution < -0.4 is 11.3 Å². The van der Waals surface area contributed by atoms with Crippen LogP contribution in [0.3, 0.4) is 0 Å². The molecule has 0 spiro atoms. The van der Waals surface area contributed by atoms with Crippen molar-refractivity contribution in [2.24, 2.45) is 17.7 Å². The lowest BCUT2D eigenvalue weighted by Gasteiger charge is -2.36. The zero-order valence-corrected chi connectivity index (χ0v) is 11.9. The van der Waals surface area contributed by atoms with E-state index in [-0.39, 0.29) is 24.8 Å². The fourth-order valence-corrected chi connectivity index (χ4v) is 3.70. The lowest BCUT2D eigenvalue weighted by atomic mass is 9.75. The van der Waals surface area contributed by atoms with E-state index in [1.165, 1.54) is 18.4 Å². The molecule has 2 aliphatic rings. The first-order chi connectivity index (χ1) is 9.52. The molecule has 0 saturated heterocycles. The van der Waals surface area contributed by atoms with Crippen LogP contribution >= 0.6 is 0 Å². The molecule has 3 N–H and O–H groups in total. The number of hydrogen-bond donors (Lipinski definition) is 2. The van der Waals surface area contributed by atoms with Crippen LogP contribution in [0.15, 0.2) is 11.6 Å². The van der Waals surface area contributed by atoms with Crippen LogP contribution in [0.2, 0.25) is 0 Å². The summed E-state index contributed by atoms with van der Waals surface area (Å²) in [5, 5.41) is 0. The molecule has 3 unspecified atom stereocenters. The lowest BCUT2D eigenvalue weighted by Crippen LogP contribution is -2.45. The quantitative estimate of drug-likeness (QED) is 0.467. The molecule has 0 aliphatic heterocycles. The van der Waals surface area contributed by atoms with Crippen LogP contribution in [0.5, 0.6) is 0 Å². The van der Waals surface area contributed by atoms with E-state index >= 15 is 0 Å². The molecule has 0 aromatic rings. The fraction of sp³-hybridized carbons (Fsp3) is 0.867. The Labute approximate surface area is 119 Å². The number of nitrogens with one attached hydrogen (secondary N) is 1. The Morgan fingerprint density at radius 3 is 2.65 bits per heavy atom. The average molecular weight is 290 g/mol. The third kappa shape index (κ3) is 3.98. The number of allylic oxidation sites excluding steroid dienone is 1. The van der Waals surface area contributed by atoms with Gasteiger partial charge in [0.1, 0.15) is 0 Å². The molecular formula is C15H25F3N2. The smallest absolute Gasteiger partial charge is 0.271 e. The second-order valence-electron chi connectivity index (χ2n) is 6.19. The predicted octanol–water partition coefficient (Wildman–Crippen LogP) is 4.08. The Bertz CT molecular complexity index is 339. The first kappa shape index (κ1) is 15.8. The molecule has 0 radical (unpaired) electrons. The Hall–Kier alpha value is -0.550. The summed E-state index contributed by atoms with van der Waals surface area (Å²) in [5.74, 6) is 4.54. The number of hydrazine groups is 1. The minimum atomic E-state index is -4.06. The molecule has 1 saturated carbocycles. The molecule has 20 heavy (non-hydrogen) atoms. The monoisotopic (exact) mass is 290 g/mol. The van der Waals surface area contributed by atoms with Crippen LogP contribution in [0, 0.1) is 11.8 Å². The van der Waals surface area contributed by atoms with Gasteiger partial charge < -0.3 is 0 Å². The molecule has 0 aromatic carbocycles. The summed E-state index contributed by atoms with van der Waals surface area (Å²) in [6.45, 7) is 0. The Morgan fingerprint density at radius 1 is 1.15 bits per heavy atom. The van der Waals surface area contributed by atoms with E-state index in [0.29, 0.717) is 6.42 Å². The third-order valence-corrected chi connectivity index (χ3v) is 4.80. The van der Waals surface area contributed by atoms with Gasteiger partial charge in [-0.2, -0.15) is 13.2 Å². The Morgan fingerprint density at radius 2 is 1.95 bits per heavy atom. The lowest BCUT2D eigenvalue weighted by molar-refractivity contribution is -0.186. The molecule has 0 bridgehead atoms. The number of halogens is 3. The molecule has 2 nitrogen and oxygen atoms in total. The van der Waals surface area contributed by atoms with Gasteiger partial charge in [-0.1, -0.05) is 24.5 Å². The van der Waals surface area contributed by atoms with Crippen molar-refractivity contribution in [3.8, 4) is 0 Å². The van der Waals surface area contributed by atoms with E-state index in [1.807, 2.05) is 0 Å². The van der Waals surface area contributed by atoms with E-state index in [2.05, 4.69) is 11.5 Å². The van der Waals surface area contributed by atoms with Gasteiger partial charge in [0.25, 0.3) is 0 Å². The molecule has 1 fully saturated rings. The van der Waals surface area contributed by atoms with Crippen molar-refractivity contribution >= 4 is 0 Å². The van der Waals surface area contributed by atoms with Crippen molar-refractivity contribution in [2.45, 2.75) is 70.0 Å². The SMILES string of the molecule is NNC(C1=CCCCCC1)C1CCCC(C(F)(F)F)C1. The number of nitrogens with two attached hydrogens (primary N) is 1. The van der Waals surface area contributed by atoms with Crippen LogP contribution in [0.4, 0.5) is 13.2 Å². The van der Waals surface area contributed by atoms with Crippen LogP contribution in [-0.4, -0.2) is 12.2 Å². The maximum absolute atomic E-state index is 12.9. The van der Waals surface area contributed by atoms with Crippen molar-refractivity contribution in [2.75, 3.05) is 0 Å². The maximum atomic E-state index is 12.9. The maximum Gasteiger partial charge on any atom is 0.391 e. The van der Waals surface area contributed by atoms with Gasteiger partial charge >= 0.3 is 6.18 Å². The molecule has 0 heterocycles. The highest BCUT2D eigenvalue weighted by atomic mass is 19.4.